The first kappa shape index (κ1) is 11.9. The summed E-state index contributed by atoms with van der Waals surface area (Å²) in [4.78, 5) is 8.03. The Morgan fingerprint density at radius 1 is 1.31 bits per heavy atom. The third kappa shape index (κ3) is 2.95. The molecule has 1 aromatic heterocycles. The summed E-state index contributed by atoms with van der Waals surface area (Å²) in [6.07, 6.45) is 13.0. The Morgan fingerprint density at radius 3 is 2.62 bits per heavy atom. The lowest BCUT2D eigenvalue weighted by Gasteiger charge is -2.27. The first-order valence-corrected chi connectivity index (χ1v) is 7.07. The molecule has 1 saturated carbocycles. The first-order valence-electron chi connectivity index (χ1n) is 5.84. The Balaban J connectivity index is 1.79. The third-order valence-electron chi connectivity index (χ3n) is 3.34. The van der Waals surface area contributed by atoms with Crippen molar-refractivity contribution in [3.63, 3.8) is 0 Å². The molecular formula is C12H19N3S. The molecule has 0 bridgehead atoms. The van der Waals surface area contributed by atoms with Crippen molar-refractivity contribution in [2.75, 3.05) is 12.8 Å². The van der Waals surface area contributed by atoms with Gasteiger partial charge < -0.3 is 5.32 Å². The molecule has 0 radical (unpaired) electrons. The second-order valence-electron chi connectivity index (χ2n) is 4.44. The van der Waals surface area contributed by atoms with Crippen molar-refractivity contribution in [3.05, 3.63) is 24.3 Å². The lowest BCUT2D eigenvalue weighted by atomic mass is 10.1. The van der Waals surface area contributed by atoms with Gasteiger partial charge in [0.25, 0.3) is 0 Å². The maximum Gasteiger partial charge on any atom is 0.115 e. The quantitative estimate of drug-likeness (QED) is 0.852. The summed E-state index contributed by atoms with van der Waals surface area (Å²) in [7, 11) is 0. The fourth-order valence-corrected chi connectivity index (χ4v) is 3.27. The van der Waals surface area contributed by atoms with Crippen LogP contribution in [0.4, 0.5) is 0 Å². The van der Waals surface area contributed by atoms with Gasteiger partial charge in [0.05, 0.1) is 0 Å². The van der Waals surface area contributed by atoms with Crippen LogP contribution < -0.4 is 5.32 Å². The van der Waals surface area contributed by atoms with Crippen LogP contribution in [0, 0.1) is 0 Å². The average molecular weight is 237 g/mol. The number of hydrogen-bond acceptors (Lipinski definition) is 4. The van der Waals surface area contributed by atoms with E-state index in [0.717, 1.165) is 18.7 Å². The zero-order chi connectivity index (χ0) is 11.3. The molecule has 1 fully saturated rings. The second kappa shape index (κ2) is 5.64. The molecular weight excluding hydrogens is 218 g/mol. The smallest absolute Gasteiger partial charge is 0.115 e. The number of nitrogens with zero attached hydrogens (tertiary/aromatic N) is 2. The van der Waals surface area contributed by atoms with Crippen LogP contribution in [0.1, 0.15) is 31.2 Å². The molecule has 2 rings (SSSR count). The summed E-state index contributed by atoms with van der Waals surface area (Å²) < 4.78 is 0.482. The van der Waals surface area contributed by atoms with Crippen molar-refractivity contribution in [1.82, 2.24) is 15.3 Å². The van der Waals surface area contributed by atoms with E-state index in [9.17, 15) is 0 Å². The number of rotatable bonds is 5. The minimum Gasteiger partial charge on any atom is -0.311 e. The van der Waals surface area contributed by atoms with Gasteiger partial charge in [-0.3, -0.25) is 0 Å². The monoisotopic (exact) mass is 237 g/mol. The summed E-state index contributed by atoms with van der Waals surface area (Å²) >= 11 is 2.02. The molecule has 4 heteroatoms. The van der Waals surface area contributed by atoms with Crippen molar-refractivity contribution >= 4 is 11.8 Å². The molecule has 1 aromatic rings. The minimum absolute atomic E-state index is 0.482. The van der Waals surface area contributed by atoms with E-state index in [4.69, 9.17) is 0 Å². The highest BCUT2D eigenvalue weighted by atomic mass is 32.2. The maximum atomic E-state index is 4.02. The summed E-state index contributed by atoms with van der Waals surface area (Å²) in [5.41, 5.74) is 1.16. The molecule has 0 saturated heterocycles. The lowest BCUT2D eigenvalue weighted by molar-refractivity contribution is 0.533. The zero-order valence-corrected chi connectivity index (χ0v) is 10.6. The van der Waals surface area contributed by atoms with Gasteiger partial charge in [-0.25, -0.2) is 9.97 Å². The topological polar surface area (TPSA) is 37.8 Å². The molecule has 3 nitrogen and oxygen atoms in total. The van der Waals surface area contributed by atoms with E-state index in [1.54, 1.807) is 6.33 Å². The zero-order valence-electron chi connectivity index (χ0n) is 9.78. The summed E-state index contributed by atoms with van der Waals surface area (Å²) in [6.45, 7) is 1.98. The Hall–Kier alpha value is -0.610. The molecule has 1 aliphatic carbocycles. The number of nitrogens with one attached hydrogen (secondary N) is 1. The molecule has 1 heterocycles. The molecule has 16 heavy (non-hydrogen) atoms. The van der Waals surface area contributed by atoms with Crippen molar-refractivity contribution in [3.8, 4) is 0 Å². The van der Waals surface area contributed by atoms with Gasteiger partial charge in [-0.15, -0.1) is 0 Å². The van der Waals surface area contributed by atoms with Crippen molar-refractivity contribution in [2.24, 2.45) is 0 Å². The van der Waals surface area contributed by atoms with Gasteiger partial charge in [-0.1, -0.05) is 12.8 Å². The van der Waals surface area contributed by atoms with Gasteiger partial charge in [0, 0.05) is 35.8 Å². The molecule has 0 aromatic carbocycles. The standard InChI is InChI=1S/C12H19N3S/c1-16-12(4-2-3-5-12)9-13-6-11-7-14-10-15-8-11/h7-8,10,13H,2-6,9H2,1H3. The van der Waals surface area contributed by atoms with E-state index < -0.39 is 0 Å². The molecule has 1 aliphatic rings. The van der Waals surface area contributed by atoms with E-state index in [2.05, 4.69) is 21.5 Å². The van der Waals surface area contributed by atoms with Crippen LogP contribution in [-0.2, 0) is 6.54 Å². The number of hydrogen-bond donors (Lipinski definition) is 1. The fraction of sp³-hybridized carbons (Fsp3) is 0.667. The van der Waals surface area contributed by atoms with E-state index >= 15 is 0 Å². The van der Waals surface area contributed by atoms with E-state index in [1.165, 1.54) is 25.7 Å². The highest BCUT2D eigenvalue weighted by Crippen LogP contribution is 2.39. The van der Waals surface area contributed by atoms with Crippen LogP contribution in [0.3, 0.4) is 0 Å². The Kier molecular flexibility index (Phi) is 4.18. The van der Waals surface area contributed by atoms with E-state index in [0.29, 0.717) is 4.75 Å². The fourth-order valence-electron chi connectivity index (χ4n) is 2.33. The van der Waals surface area contributed by atoms with Gasteiger partial charge in [-0.05, 0) is 19.1 Å². The predicted molar refractivity (Wildman–Crippen MR) is 68.5 cm³/mol. The van der Waals surface area contributed by atoms with Gasteiger partial charge in [0.15, 0.2) is 0 Å². The van der Waals surface area contributed by atoms with Crippen LogP contribution in [0.2, 0.25) is 0 Å². The van der Waals surface area contributed by atoms with E-state index in [1.807, 2.05) is 24.2 Å². The van der Waals surface area contributed by atoms with Crippen molar-refractivity contribution in [1.29, 1.82) is 0 Å². The molecule has 0 aliphatic heterocycles. The molecule has 1 N–H and O–H groups in total. The predicted octanol–water partition coefficient (Wildman–Crippen LogP) is 2.24. The molecule has 0 atom stereocenters. The van der Waals surface area contributed by atoms with Gasteiger partial charge in [0.2, 0.25) is 0 Å². The molecule has 0 unspecified atom stereocenters. The second-order valence-corrected chi connectivity index (χ2v) is 5.72. The molecule has 88 valence electrons. The third-order valence-corrected chi connectivity index (χ3v) is 4.76. The summed E-state index contributed by atoms with van der Waals surface area (Å²) in [6, 6.07) is 0. The highest BCUT2D eigenvalue weighted by Gasteiger charge is 2.32. The first-order chi connectivity index (χ1) is 7.85. The summed E-state index contributed by atoms with van der Waals surface area (Å²) in [5.74, 6) is 0. The Bertz CT molecular complexity index is 309. The van der Waals surface area contributed by atoms with Crippen molar-refractivity contribution in [2.45, 2.75) is 37.0 Å². The van der Waals surface area contributed by atoms with Crippen LogP contribution in [-0.4, -0.2) is 27.5 Å². The number of aromatic nitrogens is 2. The van der Waals surface area contributed by atoms with Crippen LogP contribution in [0.5, 0.6) is 0 Å². The normalized spacial score (nSPS) is 18.8. The molecule has 0 spiro atoms. The minimum atomic E-state index is 0.482. The van der Waals surface area contributed by atoms with E-state index in [-0.39, 0.29) is 0 Å². The van der Waals surface area contributed by atoms with Crippen LogP contribution in [0.15, 0.2) is 18.7 Å². The lowest BCUT2D eigenvalue weighted by Crippen LogP contribution is -2.34. The van der Waals surface area contributed by atoms with Gasteiger partial charge in [0.1, 0.15) is 6.33 Å². The largest absolute Gasteiger partial charge is 0.311 e. The van der Waals surface area contributed by atoms with Crippen molar-refractivity contribution < 1.29 is 0 Å². The SMILES string of the molecule is CSC1(CNCc2cncnc2)CCCC1. The highest BCUT2D eigenvalue weighted by molar-refractivity contribution is 8.00. The molecule has 0 amide bonds. The average Bonchev–Trinajstić information content (AvgIpc) is 2.80. The van der Waals surface area contributed by atoms with Crippen LogP contribution >= 0.6 is 11.8 Å². The summed E-state index contributed by atoms with van der Waals surface area (Å²) in [5, 5.41) is 3.53. The maximum absolute atomic E-state index is 4.02. The van der Waals surface area contributed by atoms with Gasteiger partial charge in [-0.2, -0.15) is 11.8 Å². The Labute approximate surface area is 101 Å². The van der Waals surface area contributed by atoms with Crippen LogP contribution in [0.25, 0.3) is 0 Å². The number of thioether (sulfide) groups is 1. The van der Waals surface area contributed by atoms with Gasteiger partial charge >= 0.3 is 0 Å². The Morgan fingerprint density at radius 2 is 2.00 bits per heavy atom.